The SMILES string of the molecule is C=CCOC(CC(=O)OC)C(=O)O.C=CCOC(CO)CC(=O)OC. The summed E-state index contributed by atoms with van der Waals surface area (Å²) >= 11 is 0. The number of carboxylic acid groups (broad SMARTS) is 1. The van der Waals surface area contributed by atoms with Crippen molar-refractivity contribution in [3.05, 3.63) is 25.3 Å². The number of esters is 2. The van der Waals surface area contributed by atoms with Gasteiger partial charge in [0.1, 0.15) is 0 Å². The summed E-state index contributed by atoms with van der Waals surface area (Å²) in [5.41, 5.74) is 0. The number of aliphatic hydroxyl groups is 1. The molecular weight excluding hydrogens is 336 g/mol. The lowest BCUT2D eigenvalue weighted by Gasteiger charge is -2.11. The number of hydrogen-bond acceptors (Lipinski definition) is 8. The molecule has 0 rings (SSSR count). The molecule has 0 bridgehead atoms. The molecule has 9 heteroatoms. The quantitative estimate of drug-likeness (QED) is 0.372. The van der Waals surface area contributed by atoms with Crippen LogP contribution in [0.1, 0.15) is 12.8 Å². The predicted molar refractivity (Wildman–Crippen MR) is 87.9 cm³/mol. The molecule has 0 saturated heterocycles. The van der Waals surface area contributed by atoms with Crippen LogP contribution in [0.4, 0.5) is 0 Å². The highest BCUT2D eigenvalue weighted by Gasteiger charge is 2.21. The fraction of sp³-hybridized carbons (Fsp3) is 0.562. The molecule has 0 saturated carbocycles. The molecule has 25 heavy (non-hydrogen) atoms. The number of methoxy groups -OCH3 is 2. The fourth-order valence-electron chi connectivity index (χ4n) is 1.29. The highest BCUT2D eigenvalue weighted by atomic mass is 16.5. The van der Waals surface area contributed by atoms with Crippen molar-refractivity contribution in [1.82, 2.24) is 0 Å². The summed E-state index contributed by atoms with van der Waals surface area (Å²) in [7, 11) is 2.49. The summed E-state index contributed by atoms with van der Waals surface area (Å²) in [6, 6.07) is 0. The van der Waals surface area contributed by atoms with E-state index in [4.69, 9.17) is 19.7 Å². The maximum Gasteiger partial charge on any atom is 0.333 e. The minimum atomic E-state index is -1.19. The summed E-state index contributed by atoms with van der Waals surface area (Å²) in [4.78, 5) is 31.9. The van der Waals surface area contributed by atoms with Gasteiger partial charge in [-0.25, -0.2) is 4.79 Å². The second kappa shape index (κ2) is 16.6. The van der Waals surface area contributed by atoms with Gasteiger partial charge in [0, 0.05) is 0 Å². The summed E-state index contributed by atoms with van der Waals surface area (Å²) in [5, 5.41) is 17.3. The van der Waals surface area contributed by atoms with Gasteiger partial charge in [-0.1, -0.05) is 12.2 Å². The summed E-state index contributed by atoms with van der Waals surface area (Å²) in [6.45, 7) is 7.02. The Hall–Kier alpha value is -2.23. The van der Waals surface area contributed by atoms with Gasteiger partial charge in [-0.15, -0.1) is 13.2 Å². The van der Waals surface area contributed by atoms with Gasteiger partial charge in [0.05, 0.1) is 53.0 Å². The van der Waals surface area contributed by atoms with Crippen LogP contribution in [0, 0.1) is 0 Å². The van der Waals surface area contributed by atoms with Gasteiger partial charge in [-0.2, -0.15) is 0 Å². The number of ether oxygens (including phenoxy) is 4. The minimum absolute atomic E-state index is 0.0703. The Morgan fingerprint density at radius 2 is 1.44 bits per heavy atom. The smallest absolute Gasteiger partial charge is 0.333 e. The van der Waals surface area contributed by atoms with Crippen LogP contribution in [-0.2, 0) is 33.3 Å². The van der Waals surface area contributed by atoms with Crippen molar-refractivity contribution in [2.75, 3.05) is 34.0 Å². The Labute approximate surface area is 146 Å². The van der Waals surface area contributed by atoms with Crippen molar-refractivity contribution >= 4 is 17.9 Å². The third-order valence-electron chi connectivity index (χ3n) is 2.55. The van der Waals surface area contributed by atoms with Gasteiger partial charge in [-0.05, 0) is 0 Å². The van der Waals surface area contributed by atoms with E-state index >= 15 is 0 Å². The molecule has 0 aromatic heterocycles. The van der Waals surface area contributed by atoms with Crippen molar-refractivity contribution in [2.45, 2.75) is 25.0 Å². The first kappa shape index (κ1) is 25.0. The monoisotopic (exact) mass is 362 g/mol. The van der Waals surface area contributed by atoms with Crippen molar-refractivity contribution in [3.63, 3.8) is 0 Å². The highest BCUT2D eigenvalue weighted by molar-refractivity contribution is 5.80. The van der Waals surface area contributed by atoms with E-state index in [1.54, 1.807) is 6.08 Å². The molecule has 0 aromatic rings. The lowest BCUT2D eigenvalue weighted by Crippen LogP contribution is -2.27. The number of aliphatic hydroxyl groups excluding tert-OH is 1. The van der Waals surface area contributed by atoms with Crippen LogP contribution in [0.25, 0.3) is 0 Å². The molecule has 0 amide bonds. The molecule has 144 valence electrons. The topological polar surface area (TPSA) is 129 Å². The Morgan fingerprint density at radius 1 is 0.960 bits per heavy atom. The van der Waals surface area contributed by atoms with E-state index < -0.39 is 30.1 Å². The van der Waals surface area contributed by atoms with E-state index in [1.165, 1.54) is 20.3 Å². The second-order valence-corrected chi connectivity index (χ2v) is 4.44. The van der Waals surface area contributed by atoms with E-state index in [0.29, 0.717) is 6.61 Å². The summed E-state index contributed by atoms with van der Waals surface area (Å²) < 4.78 is 18.6. The van der Waals surface area contributed by atoms with E-state index in [2.05, 4.69) is 22.6 Å². The first-order chi connectivity index (χ1) is 11.9. The van der Waals surface area contributed by atoms with Crippen molar-refractivity contribution in [1.29, 1.82) is 0 Å². The third-order valence-corrected chi connectivity index (χ3v) is 2.55. The molecular formula is C16H26O9. The lowest BCUT2D eigenvalue weighted by atomic mass is 10.2. The normalized spacial score (nSPS) is 12.0. The predicted octanol–water partition coefficient (Wildman–Crippen LogP) is 0.318. The molecule has 0 radical (unpaired) electrons. The van der Waals surface area contributed by atoms with Crippen molar-refractivity contribution in [2.24, 2.45) is 0 Å². The molecule has 0 aliphatic rings. The molecule has 0 aliphatic carbocycles. The Balaban J connectivity index is 0. The average molecular weight is 362 g/mol. The standard InChI is InChI=1S/C8H12O5.C8H14O4/c1-3-4-13-6(8(10)11)5-7(9)12-2;1-3-4-12-7(6-9)5-8(10)11-2/h3,6H,1,4-5H2,2H3,(H,10,11);3,7,9H,1,4-6H2,2H3. The fourth-order valence-corrected chi connectivity index (χ4v) is 1.29. The maximum atomic E-state index is 10.7. The van der Waals surface area contributed by atoms with Crippen LogP contribution in [-0.4, -0.2) is 74.4 Å². The van der Waals surface area contributed by atoms with Crippen LogP contribution < -0.4 is 0 Å². The number of aliphatic carboxylic acids is 1. The first-order valence-electron chi connectivity index (χ1n) is 7.28. The molecule has 9 nitrogen and oxygen atoms in total. The number of rotatable bonds is 12. The average Bonchev–Trinajstić information content (AvgIpc) is 2.61. The second-order valence-electron chi connectivity index (χ2n) is 4.44. The van der Waals surface area contributed by atoms with E-state index in [9.17, 15) is 14.4 Å². The zero-order chi connectivity index (χ0) is 19.7. The zero-order valence-corrected chi connectivity index (χ0v) is 14.5. The van der Waals surface area contributed by atoms with E-state index in [1.807, 2.05) is 0 Å². The number of carboxylic acids is 1. The number of carbonyl (C=O) groups excluding carboxylic acids is 2. The lowest BCUT2D eigenvalue weighted by molar-refractivity contribution is -0.157. The first-order valence-corrected chi connectivity index (χ1v) is 7.28. The van der Waals surface area contributed by atoms with Gasteiger partial charge < -0.3 is 29.2 Å². The molecule has 2 unspecified atom stereocenters. The number of carbonyl (C=O) groups is 3. The molecule has 2 N–H and O–H groups in total. The van der Waals surface area contributed by atoms with Crippen LogP contribution >= 0.6 is 0 Å². The van der Waals surface area contributed by atoms with Crippen molar-refractivity contribution in [3.8, 4) is 0 Å². The largest absolute Gasteiger partial charge is 0.479 e. The van der Waals surface area contributed by atoms with E-state index in [-0.39, 0.29) is 26.1 Å². The van der Waals surface area contributed by atoms with Gasteiger partial charge in [0.2, 0.25) is 0 Å². The Kier molecular flexibility index (Phi) is 16.6. The van der Waals surface area contributed by atoms with Gasteiger partial charge >= 0.3 is 17.9 Å². The molecule has 0 heterocycles. The highest BCUT2D eigenvalue weighted by Crippen LogP contribution is 2.01. The molecule has 0 aromatic carbocycles. The molecule has 0 aliphatic heterocycles. The molecule has 0 spiro atoms. The van der Waals surface area contributed by atoms with Crippen LogP contribution in [0.5, 0.6) is 0 Å². The van der Waals surface area contributed by atoms with Crippen molar-refractivity contribution < 1.29 is 43.5 Å². The molecule has 0 fully saturated rings. The minimum Gasteiger partial charge on any atom is -0.479 e. The number of hydrogen-bond donors (Lipinski definition) is 2. The van der Waals surface area contributed by atoms with Crippen LogP contribution in [0.2, 0.25) is 0 Å². The Bertz CT molecular complexity index is 420. The summed E-state index contributed by atoms with van der Waals surface area (Å²) in [5.74, 6) is -2.19. The maximum absolute atomic E-state index is 10.7. The Morgan fingerprint density at radius 3 is 1.84 bits per heavy atom. The molecule has 2 atom stereocenters. The van der Waals surface area contributed by atoms with E-state index in [0.717, 1.165) is 0 Å². The van der Waals surface area contributed by atoms with Gasteiger partial charge in [0.25, 0.3) is 0 Å². The zero-order valence-electron chi connectivity index (χ0n) is 14.5. The van der Waals surface area contributed by atoms with Crippen LogP contribution in [0.15, 0.2) is 25.3 Å². The van der Waals surface area contributed by atoms with Crippen LogP contribution in [0.3, 0.4) is 0 Å². The van der Waals surface area contributed by atoms with Gasteiger partial charge in [-0.3, -0.25) is 9.59 Å². The summed E-state index contributed by atoms with van der Waals surface area (Å²) in [6.07, 6.45) is 1.09. The third kappa shape index (κ3) is 15.1. The van der Waals surface area contributed by atoms with Gasteiger partial charge in [0.15, 0.2) is 6.10 Å².